The molecule has 0 heterocycles. The third kappa shape index (κ3) is 7.87. The van der Waals surface area contributed by atoms with Gasteiger partial charge in [0.25, 0.3) is 0 Å². The van der Waals surface area contributed by atoms with Crippen molar-refractivity contribution in [1.29, 1.82) is 0 Å². The van der Waals surface area contributed by atoms with Gasteiger partial charge >= 0.3 is 11.9 Å². The molecule has 0 saturated carbocycles. The predicted octanol–water partition coefficient (Wildman–Crippen LogP) is 3.17. The van der Waals surface area contributed by atoms with E-state index >= 15 is 0 Å². The number of carbonyl (C=O) groups excluding carboxylic acids is 2. The van der Waals surface area contributed by atoms with E-state index in [1.165, 1.54) is 0 Å². The van der Waals surface area contributed by atoms with Gasteiger partial charge in [-0.25, -0.2) is 0 Å². The van der Waals surface area contributed by atoms with Crippen LogP contribution in [0.4, 0.5) is 0 Å². The molecule has 0 aromatic rings. The quantitative estimate of drug-likeness (QED) is 0.232. The van der Waals surface area contributed by atoms with E-state index in [1.807, 2.05) is 6.92 Å². The Balaban J connectivity index is 5.73. The first-order chi connectivity index (χ1) is 12.9. The topological polar surface area (TPSA) is 133 Å². The molecule has 0 aromatic heterocycles. The molecule has 0 amide bonds. The minimum Gasteiger partial charge on any atom is -0.480 e. The van der Waals surface area contributed by atoms with Crippen molar-refractivity contribution in [3.8, 4) is 0 Å². The zero-order chi connectivity index (χ0) is 22.0. The zero-order valence-corrected chi connectivity index (χ0v) is 18.3. The lowest BCUT2D eigenvalue weighted by Crippen LogP contribution is -2.60. The average Bonchev–Trinajstić information content (AvgIpc) is 2.53. The highest BCUT2D eigenvalue weighted by Gasteiger charge is 2.59. The smallest absolute Gasteiger partial charge is 0.333 e. The fourth-order valence-electron chi connectivity index (χ4n) is 3.18. The van der Waals surface area contributed by atoms with Crippen molar-refractivity contribution >= 4 is 17.7 Å². The van der Waals surface area contributed by atoms with Crippen LogP contribution >= 0.6 is 0 Å². The first kappa shape index (κ1) is 26.5. The summed E-state index contributed by atoms with van der Waals surface area (Å²) in [6, 6.07) is -1.68. The van der Waals surface area contributed by atoms with E-state index in [9.17, 15) is 19.5 Å². The molecule has 1 unspecified atom stereocenters. The van der Waals surface area contributed by atoms with Crippen LogP contribution in [0.2, 0.25) is 0 Å². The normalized spacial score (nSPS) is 16.1. The number of aliphatic carboxylic acids is 1. The molecule has 28 heavy (non-hydrogen) atoms. The van der Waals surface area contributed by atoms with E-state index in [0.717, 1.165) is 32.1 Å². The number of Topliss-reactive ketones (excluding diaryl/α,β-unsaturated/α-hetero) is 1. The predicted molar refractivity (Wildman–Crippen MR) is 110 cm³/mol. The molecule has 3 atom stereocenters. The van der Waals surface area contributed by atoms with Crippen LogP contribution in [-0.2, 0) is 19.1 Å². The molecule has 7 nitrogen and oxygen atoms in total. The van der Waals surface area contributed by atoms with Gasteiger partial charge in [0.05, 0.1) is 0 Å². The number of carboxylic acid groups (broad SMARTS) is 1. The van der Waals surface area contributed by atoms with Gasteiger partial charge in [-0.15, -0.1) is 0 Å². The summed E-state index contributed by atoms with van der Waals surface area (Å²) in [6.07, 6.45) is 5.85. The fourth-order valence-corrected chi connectivity index (χ4v) is 3.18. The minimum atomic E-state index is -2.43. The molecule has 7 heteroatoms. The summed E-state index contributed by atoms with van der Waals surface area (Å²) in [7, 11) is 0. The Morgan fingerprint density at radius 1 is 0.929 bits per heavy atom. The lowest BCUT2D eigenvalue weighted by molar-refractivity contribution is -0.180. The van der Waals surface area contributed by atoms with Gasteiger partial charge in [0.2, 0.25) is 5.41 Å². The summed E-state index contributed by atoms with van der Waals surface area (Å²) in [5.74, 6) is -3.42. The van der Waals surface area contributed by atoms with E-state index < -0.39 is 40.8 Å². The molecule has 5 N–H and O–H groups in total. The largest absolute Gasteiger partial charge is 0.480 e. The number of nitrogens with two attached hydrogens (primary N) is 2. The van der Waals surface area contributed by atoms with E-state index in [2.05, 4.69) is 6.92 Å². The second-order valence-electron chi connectivity index (χ2n) is 8.60. The van der Waals surface area contributed by atoms with Crippen molar-refractivity contribution in [2.45, 2.75) is 110 Å². The lowest BCUT2D eigenvalue weighted by atomic mass is 9.72. The first-order valence-electron chi connectivity index (χ1n) is 10.4. The van der Waals surface area contributed by atoms with Gasteiger partial charge in [-0.1, -0.05) is 52.4 Å². The molecule has 0 fully saturated rings. The van der Waals surface area contributed by atoms with Crippen molar-refractivity contribution in [3.05, 3.63) is 0 Å². The lowest BCUT2D eigenvalue weighted by Gasteiger charge is -2.34. The molecule has 0 bridgehead atoms. The van der Waals surface area contributed by atoms with Crippen LogP contribution in [0.15, 0.2) is 0 Å². The molecule has 0 aliphatic rings. The first-order valence-corrected chi connectivity index (χ1v) is 10.4. The minimum absolute atomic E-state index is 0.212. The standard InChI is InChI=1S/C21H40N2O5/c1-6-8-10-12-15(22)14-17(24)21(18(25)26,16(23)13-11-9-7-2)19(27)28-20(3,4)5/h15-16H,6-14,22-23H2,1-5H3,(H,25,26)/t15?,16-,21-/m0/s1. The molecule has 0 spiro atoms. The van der Waals surface area contributed by atoms with Crippen LogP contribution in [0.3, 0.4) is 0 Å². The van der Waals surface area contributed by atoms with Gasteiger partial charge in [-0.2, -0.15) is 0 Å². The number of rotatable bonds is 14. The highest BCUT2D eigenvalue weighted by molar-refractivity contribution is 6.20. The third-order valence-corrected chi connectivity index (χ3v) is 4.80. The van der Waals surface area contributed by atoms with Crippen LogP contribution < -0.4 is 11.5 Å². The fraction of sp³-hybridized carbons (Fsp3) is 0.857. The summed E-state index contributed by atoms with van der Waals surface area (Å²) < 4.78 is 5.33. The van der Waals surface area contributed by atoms with Crippen LogP contribution in [0.25, 0.3) is 0 Å². The number of hydrogen-bond donors (Lipinski definition) is 3. The maximum Gasteiger partial charge on any atom is 0.333 e. The molecular weight excluding hydrogens is 360 g/mol. The Labute approximate surface area is 169 Å². The Morgan fingerprint density at radius 3 is 1.86 bits per heavy atom. The number of esters is 1. The van der Waals surface area contributed by atoms with E-state index in [0.29, 0.717) is 12.8 Å². The van der Waals surface area contributed by atoms with Crippen molar-refractivity contribution in [2.24, 2.45) is 16.9 Å². The highest BCUT2D eigenvalue weighted by Crippen LogP contribution is 2.32. The number of carboxylic acids is 1. The highest BCUT2D eigenvalue weighted by atomic mass is 16.6. The number of ketones is 1. The van der Waals surface area contributed by atoms with Gasteiger partial charge in [0.15, 0.2) is 5.78 Å². The molecule has 0 aromatic carbocycles. The molecule has 0 radical (unpaired) electrons. The molecular formula is C21H40N2O5. The molecule has 0 aliphatic heterocycles. The van der Waals surface area contributed by atoms with E-state index in [1.54, 1.807) is 20.8 Å². The summed E-state index contributed by atoms with van der Waals surface area (Å²) in [5, 5.41) is 9.97. The van der Waals surface area contributed by atoms with Gasteiger partial charge in [-0.3, -0.25) is 14.4 Å². The molecule has 0 rings (SSSR count). The van der Waals surface area contributed by atoms with Crippen molar-refractivity contribution < 1.29 is 24.2 Å². The molecule has 0 aliphatic carbocycles. The Bertz CT molecular complexity index is 515. The van der Waals surface area contributed by atoms with Crippen LogP contribution in [0.1, 0.15) is 92.4 Å². The van der Waals surface area contributed by atoms with Crippen molar-refractivity contribution in [2.75, 3.05) is 0 Å². The summed E-state index contributed by atoms with van der Waals surface area (Å²) >= 11 is 0. The summed E-state index contributed by atoms with van der Waals surface area (Å²) in [6.45, 7) is 8.94. The molecule has 0 saturated heterocycles. The van der Waals surface area contributed by atoms with E-state index in [-0.39, 0.29) is 12.8 Å². The molecule has 164 valence electrons. The van der Waals surface area contributed by atoms with Crippen LogP contribution in [0.5, 0.6) is 0 Å². The third-order valence-electron chi connectivity index (χ3n) is 4.80. The zero-order valence-electron chi connectivity index (χ0n) is 18.3. The van der Waals surface area contributed by atoms with Gasteiger partial charge in [-0.05, 0) is 33.6 Å². The second-order valence-corrected chi connectivity index (χ2v) is 8.60. The number of carbonyl (C=O) groups is 3. The summed E-state index contributed by atoms with van der Waals surface area (Å²) in [5.41, 5.74) is 8.86. The van der Waals surface area contributed by atoms with Gasteiger partial charge in [0, 0.05) is 18.5 Å². The monoisotopic (exact) mass is 400 g/mol. The van der Waals surface area contributed by atoms with Crippen LogP contribution in [0, 0.1) is 5.41 Å². The summed E-state index contributed by atoms with van der Waals surface area (Å²) in [4.78, 5) is 38.3. The van der Waals surface area contributed by atoms with Crippen molar-refractivity contribution in [3.63, 3.8) is 0 Å². The second kappa shape index (κ2) is 12.2. The van der Waals surface area contributed by atoms with E-state index in [4.69, 9.17) is 16.2 Å². The number of unbranched alkanes of at least 4 members (excludes halogenated alkanes) is 4. The van der Waals surface area contributed by atoms with Crippen molar-refractivity contribution in [1.82, 2.24) is 0 Å². The number of hydrogen-bond acceptors (Lipinski definition) is 6. The maximum atomic E-state index is 13.1. The Morgan fingerprint density at radius 2 is 1.43 bits per heavy atom. The maximum absolute atomic E-state index is 13.1. The average molecular weight is 401 g/mol. The van der Waals surface area contributed by atoms with Gasteiger partial charge < -0.3 is 21.3 Å². The van der Waals surface area contributed by atoms with Gasteiger partial charge in [0.1, 0.15) is 5.60 Å². The Hall–Kier alpha value is -1.47. The van der Waals surface area contributed by atoms with Crippen LogP contribution in [-0.4, -0.2) is 40.5 Å². The number of ether oxygens (including phenoxy) is 1. The SMILES string of the molecule is CCCCCC(N)CC(=O)[C@@](C(=O)O)(C(=O)OC(C)(C)C)[C@@H](N)CCCCC. The Kier molecular flexibility index (Phi) is 11.5.